The number of nitrogens with two attached hydrogens (primary N) is 1. The molecule has 1 aromatic carbocycles. The Balaban J connectivity index is 2.05. The van der Waals surface area contributed by atoms with E-state index < -0.39 is 0 Å². The number of fused-ring (bicyclic) bond motifs is 1. The number of rotatable bonds is 3. The van der Waals surface area contributed by atoms with Gasteiger partial charge in [0.15, 0.2) is 0 Å². The van der Waals surface area contributed by atoms with Crippen LogP contribution < -0.4 is 10.5 Å². The minimum Gasteiger partial charge on any atom is -0.440 e. The molecular formula is C14H12ClN3O. The number of pyridine rings is 1. The predicted molar refractivity (Wildman–Crippen MR) is 74.6 cm³/mol. The minimum absolute atomic E-state index is 0.395. The lowest BCUT2D eigenvalue weighted by molar-refractivity contribution is 0.451. The van der Waals surface area contributed by atoms with Crippen molar-refractivity contribution in [1.82, 2.24) is 9.38 Å². The molecule has 0 bridgehead atoms. The minimum atomic E-state index is 0.395. The summed E-state index contributed by atoms with van der Waals surface area (Å²) in [5.74, 6) is 1.34. The molecule has 0 amide bonds. The maximum absolute atomic E-state index is 6.00. The molecule has 0 radical (unpaired) electrons. The molecular weight excluding hydrogens is 262 g/mol. The molecule has 2 aromatic heterocycles. The summed E-state index contributed by atoms with van der Waals surface area (Å²) in [5, 5.41) is 0.616. The van der Waals surface area contributed by atoms with Gasteiger partial charge in [-0.05, 0) is 24.3 Å². The molecule has 0 aliphatic carbocycles. The highest BCUT2D eigenvalue weighted by Crippen LogP contribution is 2.28. The maximum atomic E-state index is 6.00. The van der Waals surface area contributed by atoms with Crippen molar-refractivity contribution in [3.05, 3.63) is 59.4 Å². The molecule has 19 heavy (non-hydrogen) atoms. The van der Waals surface area contributed by atoms with E-state index in [2.05, 4.69) is 4.98 Å². The Morgan fingerprint density at radius 2 is 2.16 bits per heavy atom. The van der Waals surface area contributed by atoms with Gasteiger partial charge < -0.3 is 10.5 Å². The molecule has 0 aliphatic heterocycles. The van der Waals surface area contributed by atoms with Crippen molar-refractivity contribution in [3.63, 3.8) is 0 Å². The molecule has 0 atom stereocenters. The fraction of sp³-hybridized carbons (Fsp3) is 0.0714. The molecule has 0 spiro atoms. The fourth-order valence-electron chi connectivity index (χ4n) is 1.91. The van der Waals surface area contributed by atoms with Crippen LogP contribution in [0.25, 0.3) is 5.65 Å². The van der Waals surface area contributed by atoms with E-state index in [0.29, 0.717) is 23.2 Å². The molecule has 2 heterocycles. The van der Waals surface area contributed by atoms with Crippen LogP contribution in [0, 0.1) is 0 Å². The second-order valence-electron chi connectivity index (χ2n) is 4.08. The number of benzene rings is 1. The Kier molecular flexibility index (Phi) is 3.11. The largest absolute Gasteiger partial charge is 0.440 e. The highest BCUT2D eigenvalue weighted by molar-refractivity contribution is 6.30. The van der Waals surface area contributed by atoms with E-state index >= 15 is 0 Å². The highest BCUT2D eigenvalue weighted by atomic mass is 35.5. The van der Waals surface area contributed by atoms with E-state index in [-0.39, 0.29) is 0 Å². The molecule has 5 heteroatoms. The second kappa shape index (κ2) is 4.91. The molecule has 0 saturated carbocycles. The summed E-state index contributed by atoms with van der Waals surface area (Å²) in [7, 11) is 0. The summed E-state index contributed by atoms with van der Waals surface area (Å²) in [6.45, 7) is 0.395. The zero-order valence-electron chi connectivity index (χ0n) is 10.1. The smallest absolute Gasteiger partial charge is 0.205 e. The summed E-state index contributed by atoms with van der Waals surface area (Å²) in [4.78, 5) is 4.21. The van der Waals surface area contributed by atoms with E-state index in [4.69, 9.17) is 22.1 Å². The quantitative estimate of drug-likeness (QED) is 0.797. The summed E-state index contributed by atoms with van der Waals surface area (Å²) < 4.78 is 7.77. The van der Waals surface area contributed by atoms with Crippen molar-refractivity contribution in [2.24, 2.45) is 5.73 Å². The summed E-state index contributed by atoms with van der Waals surface area (Å²) in [6, 6.07) is 11.1. The van der Waals surface area contributed by atoms with Crippen LogP contribution in [-0.4, -0.2) is 9.38 Å². The summed E-state index contributed by atoms with van der Waals surface area (Å²) in [6.07, 6.45) is 3.57. The third kappa shape index (κ3) is 2.28. The standard InChI is InChI=1S/C14H12ClN3O/c15-11-5-4-10(9-16)12(8-11)19-14-3-1-2-13-17-6-7-18(13)14/h1-8H,9,16H2. The zero-order valence-corrected chi connectivity index (χ0v) is 10.8. The van der Waals surface area contributed by atoms with Gasteiger partial charge in [0, 0.05) is 29.5 Å². The van der Waals surface area contributed by atoms with Crippen LogP contribution >= 0.6 is 11.6 Å². The van der Waals surface area contributed by atoms with E-state index in [9.17, 15) is 0 Å². The first kappa shape index (κ1) is 12.0. The van der Waals surface area contributed by atoms with Crippen molar-refractivity contribution in [3.8, 4) is 11.6 Å². The number of ether oxygens (including phenoxy) is 1. The fourth-order valence-corrected chi connectivity index (χ4v) is 2.07. The van der Waals surface area contributed by atoms with Crippen LogP contribution in [0.3, 0.4) is 0 Å². The third-order valence-corrected chi connectivity index (χ3v) is 3.09. The predicted octanol–water partition coefficient (Wildman–Crippen LogP) is 3.24. The van der Waals surface area contributed by atoms with Gasteiger partial charge in [-0.25, -0.2) is 4.98 Å². The van der Waals surface area contributed by atoms with E-state index in [1.165, 1.54) is 0 Å². The lowest BCUT2D eigenvalue weighted by Crippen LogP contribution is -2.01. The molecule has 4 nitrogen and oxygen atoms in total. The van der Waals surface area contributed by atoms with Gasteiger partial charge in [0.25, 0.3) is 0 Å². The number of hydrogen-bond donors (Lipinski definition) is 1. The van der Waals surface area contributed by atoms with Crippen LogP contribution in [0.2, 0.25) is 5.02 Å². The van der Waals surface area contributed by atoms with Crippen molar-refractivity contribution in [1.29, 1.82) is 0 Å². The summed E-state index contributed by atoms with van der Waals surface area (Å²) in [5.41, 5.74) is 7.44. The lowest BCUT2D eigenvalue weighted by Gasteiger charge is -2.11. The van der Waals surface area contributed by atoms with Crippen LogP contribution in [0.15, 0.2) is 48.8 Å². The molecule has 0 aliphatic rings. The Hall–Kier alpha value is -2.04. The molecule has 3 aromatic rings. The van der Waals surface area contributed by atoms with E-state index in [0.717, 1.165) is 11.2 Å². The molecule has 0 saturated heterocycles. The molecule has 0 fully saturated rings. The monoisotopic (exact) mass is 273 g/mol. The normalized spacial score (nSPS) is 10.8. The van der Waals surface area contributed by atoms with Gasteiger partial charge in [-0.15, -0.1) is 0 Å². The van der Waals surface area contributed by atoms with Crippen molar-refractivity contribution < 1.29 is 4.74 Å². The first-order valence-electron chi connectivity index (χ1n) is 5.86. The van der Waals surface area contributed by atoms with Gasteiger partial charge in [0.05, 0.1) is 0 Å². The van der Waals surface area contributed by atoms with Gasteiger partial charge in [-0.2, -0.15) is 0 Å². The molecule has 96 valence electrons. The average molecular weight is 274 g/mol. The zero-order chi connectivity index (χ0) is 13.2. The van der Waals surface area contributed by atoms with Crippen LogP contribution in [0.5, 0.6) is 11.6 Å². The molecule has 3 rings (SSSR count). The average Bonchev–Trinajstić information content (AvgIpc) is 2.88. The summed E-state index contributed by atoms with van der Waals surface area (Å²) >= 11 is 6.00. The van der Waals surface area contributed by atoms with Crippen molar-refractivity contribution >= 4 is 17.2 Å². The first-order chi connectivity index (χ1) is 9.28. The van der Waals surface area contributed by atoms with Gasteiger partial charge >= 0.3 is 0 Å². The Bertz CT molecular complexity index is 724. The van der Waals surface area contributed by atoms with Crippen molar-refractivity contribution in [2.75, 3.05) is 0 Å². The van der Waals surface area contributed by atoms with Crippen LogP contribution in [0.1, 0.15) is 5.56 Å². The van der Waals surface area contributed by atoms with Crippen LogP contribution in [0.4, 0.5) is 0 Å². The highest BCUT2D eigenvalue weighted by Gasteiger charge is 2.07. The number of hydrogen-bond acceptors (Lipinski definition) is 3. The lowest BCUT2D eigenvalue weighted by atomic mass is 10.2. The van der Waals surface area contributed by atoms with E-state index in [1.54, 1.807) is 18.3 Å². The molecule has 0 unspecified atom stereocenters. The van der Waals surface area contributed by atoms with Gasteiger partial charge in [-0.3, -0.25) is 4.40 Å². The van der Waals surface area contributed by atoms with Gasteiger partial charge in [-0.1, -0.05) is 23.7 Å². The third-order valence-electron chi connectivity index (χ3n) is 2.85. The Labute approximate surface area is 115 Å². The van der Waals surface area contributed by atoms with Crippen molar-refractivity contribution in [2.45, 2.75) is 6.54 Å². The SMILES string of the molecule is NCc1ccc(Cl)cc1Oc1cccc2nccn12. The van der Waals surface area contributed by atoms with Gasteiger partial charge in [0.2, 0.25) is 5.88 Å². The van der Waals surface area contributed by atoms with E-state index in [1.807, 2.05) is 34.9 Å². The number of halogens is 1. The number of nitrogens with zero attached hydrogens (tertiary/aromatic N) is 2. The topological polar surface area (TPSA) is 52.5 Å². The Morgan fingerprint density at radius 3 is 3.00 bits per heavy atom. The number of imidazole rings is 1. The van der Waals surface area contributed by atoms with Crippen LogP contribution in [-0.2, 0) is 6.54 Å². The maximum Gasteiger partial charge on any atom is 0.205 e. The first-order valence-corrected chi connectivity index (χ1v) is 6.24. The molecule has 2 N–H and O–H groups in total. The van der Waals surface area contributed by atoms with Gasteiger partial charge in [0.1, 0.15) is 11.4 Å². The Morgan fingerprint density at radius 1 is 1.26 bits per heavy atom. The number of aromatic nitrogens is 2. The second-order valence-corrected chi connectivity index (χ2v) is 4.51.